The molecule has 4 aromatic rings. The lowest BCUT2D eigenvalue weighted by atomic mass is 10.2. The first-order valence-electron chi connectivity index (χ1n) is 10.4. The summed E-state index contributed by atoms with van der Waals surface area (Å²) >= 11 is 1.15. The number of ether oxygens (including phenoxy) is 1. The third-order valence-corrected chi connectivity index (χ3v) is 5.91. The number of carbonyl (C=O) groups excluding carboxylic acids is 1. The second-order valence-corrected chi connectivity index (χ2v) is 8.34. The van der Waals surface area contributed by atoms with E-state index < -0.39 is 0 Å². The average Bonchev–Trinajstić information content (AvgIpc) is 2.84. The van der Waals surface area contributed by atoms with Crippen LogP contribution < -0.4 is 15.7 Å². The van der Waals surface area contributed by atoms with Gasteiger partial charge in [0.15, 0.2) is 16.7 Å². The summed E-state index contributed by atoms with van der Waals surface area (Å²) in [6.45, 7) is 1.97. The highest BCUT2D eigenvalue weighted by Crippen LogP contribution is 2.25. The number of amides is 1. The molecule has 0 saturated heterocycles. The molecule has 0 bridgehead atoms. The zero-order valence-corrected chi connectivity index (χ0v) is 19.4. The quantitative estimate of drug-likeness (QED) is 0.183. The number of nitrogens with zero attached hydrogens (tertiary/aromatic N) is 3. The highest BCUT2D eigenvalue weighted by atomic mass is 32.2. The van der Waals surface area contributed by atoms with Crippen molar-refractivity contribution < 1.29 is 14.6 Å². The first kappa shape index (κ1) is 23.1. The van der Waals surface area contributed by atoms with Crippen molar-refractivity contribution in [3.63, 3.8) is 0 Å². The zero-order valence-electron chi connectivity index (χ0n) is 18.6. The first-order chi connectivity index (χ1) is 16.5. The molecular formula is C25H22N4O4S. The maximum Gasteiger partial charge on any atom is 0.266 e. The molecule has 4 rings (SSSR count). The number of phenols is 1. The van der Waals surface area contributed by atoms with E-state index in [1.165, 1.54) is 24.0 Å². The highest BCUT2D eigenvalue weighted by molar-refractivity contribution is 7.99. The topological polar surface area (TPSA) is 106 Å². The summed E-state index contributed by atoms with van der Waals surface area (Å²) < 4.78 is 6.58. The van der Waals surface area contributed by atoms with Crippen molar-refractivity contribution in [3.05, 3.63) is 88.2 Å². The van der Waals surface area contributed by atoms with E-state index in [1.54, 1.807) is 30.3 Å². The zero-order chi connectivity index (χ0) is 24.1. The normalized spacial score (nSPS) is 11.1. The number of hydrogen-bond donors (Lipinski definition) is 2. The van der Waals surface area contributed by atoms with E-state index in [2.05, 4.69) is 15.5 Å². The SMILES string of the molecule is COc1cc(/C=N\NC(=O)CSc2nc3ccccc3c(=O)n2-c2ccc(C)cc2)ccc1O. The van der Waals surface area contributed by atoms with Gasteiger partial charge in [-0.15, -0.1) is 0 Å². The first-order valence-corrected chi connectivity index (χ1v) is 11.4. The molecule has 0 fully saturated rings. The van der Waals surface area contributed by atoms with Crippen molar-refractivity contribution in [1.82, 2.24) is 15.0 Å². The van der Waals surface area contributed by atoms with Crippen molar-refractivity contribution in [1.29, 1.82) is 0 Å². The summed E-state index contributed by atoms with van der Waals surface area (Å²) in [7, 11) is 1.45. The predicted molar refractivity (Wildman–Crippen MR) is 133 cm³/mol. The number of thioether (sulfide) groups is 1. The number of rotatable bonds is 7. The fourth-order valence-corrected chi connectivity index (χ4v) is 4.05. The van der Waals surface area contributed by atoms with Crippen LogP contribution in [-0.2, 0) is 4.79 Å². The molecule has 0 atom stereocenters. The number of fused-ring (bicyclic) bond motifs is 1. The smallest absolute Gasteiger partial charge is 0.266 e. The Morgan fingerprint density at radius 3 is 2.71 bits per heavy atom. The number of hydrazone groups is 1. The van der Waals surface area contributed by atoms with Gasteiger partial charge in [0, 0.05) is 0 Å². The van der Waals surface area contributed by atoms with Crippen LogP contribution in [0.3, 0.4) is 0 Å². The van der Waals surface area contributed by atoms with Crippen LogP contribution in [0.15, 0.2) is 81.8 Å². The number of para-hydroxylation sites is 1. The van der Waals surface area contributed by atoms with Gasteiger partial charge in [0.1, 0.15) is 0 Å². The Balaban J connectivity index is 1.53. The minimum Gasteiger partial charge on any atom is -0.504 e. The minimum absolute atomic E-state index is 0.00683. The predicted octanol–water partition coefficient (Wildman–Crippen LogP) is 3.65. The molecule has 1 aromatic heterocycles. The van der Waals surface area contributed by atoms with Gasteiger partial charge in [-0.25, -0.2) is 10.4 Å². The largest absolute Gasteiger partial charge is 0.504 e. The number of nitrogens with one attached hydrogen (secondary N) is 1. The van der Waals surface area contributed by atoms with Gasteiger partial charge in [-0.2, -0.15) is 5.10 Å². The Hall–Kier alpha value is -4.11. The van der Waals surface area contributed by atoms with Crippen LogP contribution in [0, 0.1) is 6.92 Å². The lowest BCUT2D eigenvalue weighted by molar-refractivity contribution is -0.118. The molecule has 0 aliphatic rings. The maximum absolute atomic E-state index is 13.2. The monoisotopic (exact) mass is 474 g/mol. The molecule has 0 aliphatic carbocycles. The highest BCUT2D eigenvalue weighted by Gasteiger charge is 2.14. The van der Waals surface area contributed by atoms with Crippen LogP contribution in [0.1, 0.15) is 11.1 Å². The van der Waals surface area contributed by atoms with E-state index >= 15 is 0 Å². The van der Waals surface area contributed by atoms with Gasteiger partial charge in [0.05, 0.1) is 35.7 Å². The van der Waals surface area contributed by atoms with E-state index in [1.807, 2.05) is 37.3 Å². The molecule has 172 valence electrons. The van der Waals surface area contributed by atoms with Crippen molar-refractivity contribution in [2.45, 2.75) is 12.1 Å². The molecule has 9 heteroatoms. The number of hydrogen-bond acceptors (Lipinski definition) is 7. The maximum atomic E-state index is 13.2. The number of aromatic hydroxyl groups is 1. The molecule has 8 nitrogen and oxygen atoms in total. The number of aryl methyl sites for hydroxylation is 1. The Morgan fingerprint density at radius 2 is 1.94 bits per heavy atom. The third kappa shape index (κ3) is 5.10. The molecular weight excluding hydrogens is 452 g/mol. The molecule has 34 heavy (non-hydrogen) atoms. The van der Waals surface area contributed by atoms with E-state index in [4.69, 9.17) is 4.74 Å². The van der Waals surface area contributed by atoms with Gasteiger partial charge in [-0.05, 0) is 55.0 Å². The summed E-state index contributed by atoms with van der Waals surface area (Å²) in [5.41, 5.74) is 5.23. The molecule has 0 unspecified atom stereocenters. The Bertz CT molecular complexity index is 1430. The second kappa shape index (κ2) is 10.2. The van der Waals surface area contributed by atoms with Crippen LogP contribution in [0.4, 0.5) is 0 Å². The number of aromatic nitrogens is 2. The molecule has 0 radical (unpaired) electrons. The summed E-state index contributed by atoms with van der Waals surface area (Å²) in [5.74, 6) is -0.0258. The molecule has 2 N–H and O–H groups in total. The Morgan fingerprint density at radius 1 is 1.18 bits per heavy atom. The van der Waals surface area contributed by atoms with Gasteiger partial charge in [-0.3, -0.25) is 14.2 Å². The van der Waals surface area contributed by atoms with Crippen molar-refractivity contribution >= 4 is 34.8 Å². The fourth-order valence-electron chi connectivity index (χ4n) is 3.25. The van der Waals surface area contributed by atoms with Crippen LogP contribution >= 0.6 is 11.8 Å². The lowest BCUT2D eigenvalue weighted by Gasteiger charge is -2.13. The number of benzene rings is 3. The van der Waals surface area contributed by atoms with E-state index in [-0.39, 0.29) is 23.0 Å². The van der Waals surface area contributed by atoms with Gasteiger partial charge in [0.25, 0.3) is 11.5 Å². The summed E-state index contributed by atoms with van der Waals surface area (Å²) in [4.78, 5) is 30.3. The van der Waals surface area contributed by atoms with Gasteiger partial charge < -0.3 is 9.84 Å². The molecule has 0 spiro atoms. The van der Waals surface area contributed by atoms with Crippen molar-refractivity contribution in [3.8, 4) is 17.2 Å². The Labute approximate surface area is 199 Å². The molecule has 1 amide bonds. The van der Waals surface area contributed by atoms with Crippen LogP contribution in [0.5, 0.6) is 11.5 Å². The second-order valence-electron chi connectivity index (χ2n) is 7.40. The van der Waals surface area contributed by atoms with E-state index in [9.17, 15) is 14.7 Å². The van der Waals surface area contributed by atoms with Crippen molar-refractivity contribution in [2.24, 2.45) is 5.10 Å². The summed E-state index contributed by atoms with van der Waals surface area (Å²) in [6, 6.07) is 19.4. The average molecular weight is 475 g/mol. The molecule has 0 saturated carbocycles. The van der Waals surface area contributed by atoms with Gasteiger partial charge in [-0.1, -0.05) is 41.6 Å². The van der Waals surface area contributed by atoms with Crippen molar-refractivity contribution in [2.75, 3.05) is 12.9 Å². The summed E-state index contributed by atoms with van der Waals surface area (Å²) in [6.07, 6.45) is 1.45. The van der Waals surface area contributed by atoms with Gasteiger partial charge >= 0.3 is 0 Å². The lowest BCUT2D eigenvalue weighted by Crippen LogP contribution is -2.24. The van der Waals surface area contributed by atoms with Crippen LogP contribution in [-0.4, -0.2) is 39.6 Å². The standard InChI is InChI=1S/C25H22N4O4S/c1-16-7-10-18(11-8-16)29-24(32)19-5-3-4-6-20(19)27-25(29)34-15-23(31)28-26-14-17-9-12-21(30)22(13-17)33-2/h3-14,30H,15H2,1-2H3,(H,28,31)/b26-14-. The van der Waals surface area contributed by atoms with E-state index in [0.717, 1.165) is 17.3 Å². The fraction of sp³-hybridized carbons (Fsp3) is 0.120. The molecule has 3 aromatic carbocycles. The third-order valence-electron chi connectivity index (χ3n) is 4.98. The molecule has 1 heterocycles. The van der Waals surface area contributed by atoms with Crippen LogP contribution in [0.25, 0.3) is 16.6 Å². The minimum atomic E-state index is -0.357. The number of phenolic OH excluding ortho intramolecular Hbond substituents is 1. The van der Waals surface area contributed by atoms with Gasteiger partial charge in [0.2, 0.25) is 0 Å². The summed E-state index contributed by atoms with van der Waals surface area (Å²) in [5, 5.41) is 14.5. The number of methoxy groups -OCH3 is 1. The van der Waals surface area contributed by atoms with E-state index in [0.29, 0.717) is 33.1 Å². The molecule has 0 aliphatic heterocycles. The van der Waals surface area contributed by atoms with Crippen LogP contribution in [0.2, 0.25) is 0 Å². The number of carbonyl (C=O) groups is 1. The Kier molecular flexibility index (Phi) is 6.93.